The number of aromatic nitrogens is 2. The molecule has 0 fully saturated rings. The third-order valence-corrected chi connectivity index (χ3v) is 7.89. The molecule has 3 aromatic rings. The number of hydrogen-bond donors (Lipinski definition) is 0. The van der Waals surface area contributed by atoms with Crippen molar-refractivity contribution < 1.29 is 30.5 Å². The van der Waals surface area contributed by atoms with Crippen molar-refractivity contribution in [2.75, 3.05) is 6.54 Å². The molecule has 1 atom stereocenters. The number of hydrogen-bond acceptors (Lipinski definition) is 6. The zero-order valence-corrected chi connectivity index (χ0v) is 16.4. The van der Waals surface area contributed by atoms with E-state index < -0.39 is 33.9 Å². The Labute approximate surface area is 166 Å². The maximum absolute atomic E-state index is 13.1. The van der Waals surface area contributed by atoms with Gasteiger partial charge >= 0.3 is 12.1 Å². The van der Waals surface area contributed by atoms with Crippen molar-refractivity contribution in [2.45, 2.75) is 30.5 Å². The number of sulfonamides is 1. The first-order valence-corrected chi connectivity index (χ1v) is 10.6. The van der Waals surface area contributed by atoms with Gasteiger partial charge in [-0.05, 0) is 49.2 Å². The van der Waals surface area contributed by atoms with Crippen LogP contribution in [0.3, 0.4) is 0 Å². The van der Waals surface area contributed by atoms with Crippen molar-refractivity contribution in [3.05, 3.63) is 52.5 Å². The summed E-state index contributed by atoms with van der Waals surface area (Å²) in [6, 6.07) is 5.65. The second-order valence-corrected chi connectivity index (χ2v) is 9.39. The van der Waals surface area contributed by atoms with Gasteiger partial charge in [0.25, 0.3) is 0 Å². The number of fused-ring (bicyclic) bond motifs is 1. The smallest absolute Gasteiger partial charge is 0.329 e. The first kappa shape index (κ1) is 20.0. The van der Waals surface area contributed by atoms with Crippen LogP contribution in [0.2, 0.25) is 0 Å². The Morgan fingerprint density at radius 2 is 1.93 bits per heavy atom. The van der Waals surface area contributed by atoms with Gasteiger partial charge in [0.1, 0.15) is 5.82 Å². The minimum atomic E-state index is -4.74. The normalized spacial score (nSPS) is 18.0. The molecule has 1 unspecified atom stereocenters. The molecule has 12 heteroatoms. The first-order valence-electron chi connectivity index (χ1n) is 8.38. The highest BCUT2D eigenvalue weighted by Crippen LogP contribution is 2.42. The van der Waals surface area contributed by atoms with Crippen molar-refractivity contribution in [3.8, 4) is 10.7 Å². The van der Waals surface area contributed by atoms with E-state index in [1.54, 1.807) is 13.0 Å². The lowest BCUT2D eigenvalue weighted by molar-refractivity contribution is -0.159. The first-order chi connectivity index (χ1) is 13.6. The van der Waals surface area contributed by atoms with Crippen LogP contribution < -0.4 is 0 Å². The Morgan fingerprint density at radius 1 is 1.24 bits per heavy atom. The minimum Gasteiger partial charge on any atom is -0.329 e. The van der Waals surface area contributed by atoms with Crippen molar-refractivity contribution in [1.29, 1.82) is 0 Å². The highest BCUT2D eigenvalue weighted by Gasteiger charge is 2.39. The van der Waals surface area contributed by atoms with E-state index >= 15 is 0 Å². The second-order valence-electron chi connectivity index (χ2n) is 6.42. The van der Waals surface area contributed by atoms with E-state index in [-0.39, 0.29) is 17.3 Å². The number of halogens is 4. The van der Waals surface area contributed by atoms with E-state index in [2.05, 4.69) is 14.7 Å². The molecule has 4 rings (SSSR count). The van der Waals surface area contributed by atoms with Crippen LogP contribution in [0.1, 0.15) is 29.3 Å². The molecule has 0 saturated heterocycles. The van der Waals surface area contributed by atoms with Crippen LogP contribution >= 0.6 is 11.3 Å². The van der Waals surface area contributed by atoms with Gasteiger partial charge in [0.05, 0.1) is 15.8 Å². The zero-order chi connectivity index (χ0) is 21.0. The lowest BCUT2D eigenvalue weighted by Crippen LogP contribution is -2.38. The summed E-state index contributed by atoms with van der Waals surface area (Å²) in [6.45, 7) is 1.88. The standard InChI is InChI=1S/C17H13F4N3O3S2/c1-9-14-10(8-13(28-14)15-22-16(27-23-15)17(19,20)21)6-7-24(9)29(25,26)12-4-2-11(18)3-5-12/h2-5,8-9H,6-7H2,1H3. The van der Waals surface area contributed by atoms with E-state index in [0.717, 1.165) is 29.0 Å². The molecule has 6 nitrogen and oxygen atoms in total. The predicted octanol–water partition coefficient (Wildman–Crippen LogP) is 4.26. The van der Waals surface area contributed by atoms with Gasteiger partial charge in [-0.25, -0.2) is 12.8 Å². The minimum absolute atomic E-state index is 0.0287. The summed E-state index contributed by atoms with van der Waals surface area (Å²) < 4.78 is 82.7. The third-order valence-electron chi connectivity index (χ3n) is 4.56. The van der Waals surface area contributed by atoms with Crippen molar-refractivity contribution in [1.82, 2.24) is 14.4 Å². The van der Waals surface area contributed by atoms with Gasteiger partial charge in [0.15, 0.2) is 0 Å². The van der Waals surface area contributed by atoms with E-state index in [1.165, 1.54) is 16.4 Å². The van der Waals surface area contributed by atoms with Crippen LogP contribution in [0.25, 0.3) is 10.7 Å². The van der Waals surface area contributed by atoms with Crippen LogP contribution in [-0.4, -0.2) is 29.4 Å². The summed E-state index contributed by atoms with van der Waals surface area (Å²) in [7, 11) is -3.87. The Hall–Kier alpha value is -2.31. The van der Waals surface area contributed by atoms with E-state index in [0.29, 0.717) is 16.2 Å². The molecule has 0 saturated carbocycles. The van der Waals surface area contributed by atoms with Gasteiger partial charge in [-0.1, -0.05) is 5.16 Å². The maximum atomic E-state index is 13.1. The summed E-state index contributed by atoms with van der Waals surface area (Å²) in [5.74, 6) is -2.18. The van der Waals surface area contributed by atoms with Crippen LogP contribution in [0.5, 0.6) is 0 Å². The Morgan fingerprint density at radius 3 is 2.55 bits per heavy atom. The highest BCUT2D eigenvalue weighted by atomic mass is 32.2. The molecule has 0 aliphatic carbocycles. The highest BCUT2D eigenvalue weighted by molar-refractivity contribution is 7.89. The summed E-state index contributed by atoms with van der Waals surface area (Å²) >= 11 is 1.12. The van der Waals surface area contributed by atoms with Gasteiger partial charge in [0.2, 0.25) is 15.8 Å². The van der Waals surface area contributed by atoms with Crippen molar-refractivity contribution in [2.24, 2.45) is 0 Å². The molecule has 1 aliphatic heterocycles. The van der Waals surface area contributed by atoms with Gasteiger partial charge in [-0.15, -0.1) is 11.3 Å². The Balaban J connectivity index is 1.65. The summed E-state index contributed by atoms with van der Waals surface area (Å²) in [6.07, 6.45) is -4.37. The molecule has 1 aliphatic rings. The number of thiophene rings is 1. The van der Waals surface area contributed by atoms with Crippen molar-refractivity contribution in [3.63, 3.8) is 0 Å². The lowest BCUT2D eigenvalue weighted by atomic mass is 10.0. The molecule has 154 valence electrons. The van der Waals surface area contributed by atoms with E-state index in [1.807, 2.05) is 0 Å². The predicted molar refractivity (Wildman–Crippen MR) is 95.0 cm³/mol. The Kier molecular flexibility index (Phi) is 4.74. The fourth-order valence-corrected chi connectivity index (χ4v) is 6.04. The molecule has 0 spiro atoms. The average molecular weight is 447 g/mol. The number of benzene rings is 1. The second kappa shape index (κ2) is 6.89. The topological polar surface area (TPSA) is 76.3 Å². The largest absolute Gasteiger partial charge is 0.471 e. The number of rotatable bonds is 3. The molecular weight excluding hydrogens is 434 g/mol. The molecule has 0 bridgehead atoms. The molecule has 29 heavy (non-hydrogen) atoms. The molecule has 3 heterocycles. The molecule has 1 aromatic carbocycles. The molecule has 0 N–H and O–H groups in total. The summed E-state index contributed by atoms with van der Waals surface area (Å²) in [5, 5.41) is 3.38. The molecule has 0 radical (unpaired) electrons. The fraction of sp³-hybridized carbons (Fsp3) is 0.294. The van der Waals surface area contributed by atoms with Gasteiger partial charge in [-0.3, -0.25) is 0 Å². The molecular formula is C17H13F4N3O3S2. The number of alkyl halides is 3. The van der Waals surface area contributed by atoms with Crippen LogP contribution in [0.4, 0.5) is 17.6 Å². The quantitative estimate of drug-likeness (QED) is 0.561. The fourth-order valence-electron chi connectivity index (χ4n) is 3.17. The van der Waals surface area contributed by atoms with Gasteiger partial charge in [0, 0.05) is 11.4 Å². The SMILES string of the molecule is CC1c2sc(-c3noc(C(F)(F)F)n3)cc2CCN1S(=O)(=O)c1ccc(F)cc1. The average Bonchev–Trinajstić information content (AvgIpc) is 3.29. The lowest BCUT2D eigenvalue weighted by Gasteiger charge is -2.32. The zero-order valence-electron chi connectivity index (χ0n) is 14.8. The monoisotopic (exact) mass is 447 g/mol. The van der Waals surface area contributed by atoms with E-state index in [4.69, 9.17) is 0 Å². The third kappa shape index (κ3) is 3.55. The molecule has 0 amide bonds. The maximum Gasteiger partial charge on any atom is 0.471 e. The summed E-state index contributed by atoms with van der Waals surface area (Å²) in [5.41, 5.74) is 0.821. The van der Waals surface area contributed by atoms with Crippen LogP contribution in [0, 0.1) is 5.82 Å². The number of nitrogens with zero attached hydrogens (tertiary/aromatic N) is 3. The molecule has 2 aromatic heterocycles. The van der Waals surface area contributed by atoms with Gasteiger partial charge < -0.3 is 4.52 Å². The van der Waals surface area contributed by atoms with Crippen LogP contribution in [-0.2, 0) is 22.6 Å². The van der Waals surface area contributed by atoms with Crippen molar-refractivity contribution >= 4 is 21.4 Å². The van der Waals surface area contributed by atoms with Crippen LogP contribution in [0.15, 0.2) is 39.8 Å². The van der Waals surface area contributed by atoms with E-state index in [9.17, 15) is 26.0 Å². The summed E-state index contributed by atoms with van der Waals surface area (Å²) in [4.78, 5) is 4.41. The van der Waals surface area contributed by atoms with Gasteiger partial charge in [-0.2, -0.15) is 22.5 Å². The Bertz CT molecular complexity index is 1150.